The van der Waals surface area contributed by atoms with Gasteiger partial charge in [-0.1, -0.05) is 61.5 Å². The zero-order chi connectivity index (χ0) is 25.9. The quantitative estimate of drug-likeness (QED) is 0.319. The van der Waals surface area contributed by atoms with E-state index in [4.69, 9.17) is 14.9 Å². The molecule has 0 bridgehead atoms. The van der Waals surface area contributed by atoms with Gasteiger partial charge < -0.3 is 14.5 Å². The topological polar surface area (TPSA) is 97.0 Å². The number of aromatic nitrogens is 2. The molecule has 5 rings (SSSR count). The van der Waals surface area contributed by atoms with Crippen molar-refractivity contribution in [3.8, 4) is 0 Å². The third-order valence-corrected chi connectivity index (χ3v) is 6.45. The Morgan fingerprint density at radius 1 is 1.03 bits per heavy atom. The second-order valence-corrected chi connectivity index (χ2v) is 9.47. The standard InChI is InChI=1S/C29H28N4O4/c1-19(2)15-16-32-25-10-6-4-8-23(25)30-26(32)17-33-24-9-5-3-7-22(24)27(28(33)34)31-37-18-20-11-13-21(14-12-20)29(35)36/h3-14,19H,15-18H2,1-2H3,(H,35,36)/b31-27-. The van der Waals surface area contributed by atoms with E-state index in [0.717, 1.165) is 41.1 Å². The molecule has 0 atom stereocenters. The lowest BCUT2D eigenvalue weighted by Gasteiger charge is -2.18. The number of carboxylic acid groups (broad SMARTS) is 1. The van der Waals surface area contributed by atoms with Crippen LogP contribution in [0.3, 0.4) is 0 Å². The molecule has 0 fully saturated rings. The van der Waals surface area contributed by atoms with E-state index in [1.54, 1.807) is 17.0 Å². The van der Waals surface area contributed by atoms with Gasteiger partial charge in [0.05, 0.1) is 28.8 Å². The van der Waals surface area contributed by atoms with Crippen LogP contribution in [0.4, 0.5) is 5.69 Å². The highest BCUT2D eigenvalue weighted by Gasteiger charge is 2.35. The van der Waals surface area contributed by atoms with Crippen LogP contribution in [0.15, 0.2) is 78.0 Å². The molecule has 0 unspecified atom stereocenters. The van der Waals surface area contributed by atoms with Gasteiger partial charge in [0.2, 0.25) is 0 Å². The third kappa shape index (κ3) is 4.95. The van der Waals surface area contributed by atoms with E-state index in [1.807, 2.05) is 42.5 Å². The van der Waals surface area contributed by atoms with Crippen LogP contribution in [0, 0.1) is 5.92 Å². The predicted octanol–water partition coefficient (Wildman–Crippen LogP) is 5.25. The largest absolute Gasteiger partial charge is 0.478 e. The lowest BCUT2D eigenvalue weighted by molar-refractivity contribution is -0.112. The van der Waals surface area contributed by atoms with Crippen molar-refractivity contribution in [2.24, 2.45) is 11.1 Å². The number of oxime groups is 1. The molecule has 2 heterocycles. The Hall–Kier alpha value is -4.46. The minimum atomic E-state index is -0.987. The van der Waals surface area contributed by atoms with Gasteiger partial charge in [0.25, 0.3) is 5.91 Å². The second-order valence-electron chi connectivity index (χ2n) is 9.47. The average Bonchev–Trinajstić information content (AvgIpc) is 3.38. The molecular weight excluding hydrogens is 468 g/mol. The van der Waals surface area contributed by atoms with Gasteiger partial charge in [-0.25, -0.2) is 9.78 Å². The zero-order valence-corrected chi connectivity index (χ0v) is 20.8. The van der Waals surface area contributed by atoms with Crippen LogP contribution in [0.2, 0.25) is 0 Å². The van der Waals surface area contributed by atoms with Gasteiger partial charge in [-0.15, -0.1) is 0 Å². The number of carboxylic acids is 1. The van der Waals surface area contributed by atoms with Crippen molar-refractivity contribution in [2.45, 2.75) is 40.0 Å². The minimum Gasteiger partial charge on any atom is -0.478 e. The van der Waals surface area contributed by atoms with Crippen molar-refractivity contribution >= 4 is 34.3 Å². The maximum absolute atomic E-state index is 13.5. The summed E-state index contributed by atoms with van der Waals surface area (Å²) in [6.07, 6.45) is 1.01. The molecule has 1 amide bonds. The predicted molar refractivity (Wildman–Crippen MR) is 142 cm³/mol. The summed E-state index contributed by atoms with van der Waals surface area (Å²) in [6.45, 7) is 5.65. The number of carbonyl (C=O) groups is 2. The molecule has 1 aromatic heterocycles. The maximum atomic E-state index is 13.5. The fraction of sp³-hybridized carbons (Fsp3) is 0.241. The van der Waals surface area contributed by atoms with Crippen molar-refractivity contribution in [1.29, 1.82) is 0 Å². The molecule has 3 aromatic carbocycles. The first-order valence-corrected chi connectivity index (χ1v) is 12.3. The number of fused-ring (bicyclic) bond motifs is 2. The second kappa shape index (κ2) is 10.3. The summed E-state index contributed by atoms with van der Waals surface area (Å²) >= 11 is 0. The number of aromatic carboxylic acids is 1. The Labute approximate surface area is 214 Å². The summed E-state index contributed by atoms with van der Waals surface area (Å²) in [5.74, 6) is 0.133. The van der Waals surface area contributed by atoms with E-state index in [1.165, 1.54) is 12.1 Å². The summed E-state index contributed by atoms with van der Waals surface area (Å²) in [5.41, 5.74) is 4.63. The number of hydrogen-bond acceptors (Lipinski definition) is 5. The first kappa shape index (κ1) is 24.2. The average molecular weight is 497 g/mol. The Kier molecular flexibility index (Phi) is 6.72. The van der Waals surface area contributed by atoms with Crippen molar-refractivity contribution in [3.63, 3.8) is 0 Å². The monoisotopic (exact) mass is 496 g/mol. The Bertz CT molecular complexity index is 1490. The van der Waals surface area contributed by atoms with E-state index in [2.05, 4.69) is 29.6 Å². The lowest BCUT2D eigenvalue weighted by atomic mass is 10.1. The van der Waals surface area contributed by atoms with E-state index in [9.17, 15) is 9.59 Å². The SMILES string of the molecule is CC(C)CCn1c(CN2C(=O)/C(=N\OCc3ccc(C(=O)O)cc3)c3ccccc32)nc2ccccc21. The number of anilines is 1. The first-order valence-electron chi connectivity index (χ1n) is 12.3. The Morgan fingerprint density at radius 2 is 1.76 bits per heavy atom. The molecule has 8 nitrogen and oxygen atoms in total. The number of amides is 1. The molecule has 8 heteroatoms. The fourth-order valence-electron chi connectivity index (χ4n) is 4.45. The van der Waals surface area contributed by atoms with Crippen molar-refractivity contribution < 1.29 is 19.5 Å². The van der Waals surface area contributed by atoms with Crippen LogP contribution in [0.5, 0.6) is 0 Å². The van der Waals surface area contributed by atoms with Gasteiger partial charge in [-0.2, -0.15) is 0 Å². The van der Waals surface area contributed by atoms with Crippen molar-refractivity contribution in [3.05, 3.63) is 95.3 Å². The van der Waals surface area contributed by atoms with E-state index in [-0.39, 0.29) is 23.8 Å². The minimum absolute atomic E-state index is 0.115. The van der Waals surface area contributed by atoms with E-state index >= 15 is 0 Å². The summed E-state index contributed by atoms with van der Waals surface area (Å²) in [7, 11) is 0. The maximum Gasteiger partial charge on any atom is 0.335 e. The lowest BCUT2D eigenvalue weighted by Crippen LogP contribution is -2.31. The van der Waals surface area contributed by atoms with Gasteiger partial charge in [0.15, 0.2) is 5.71 Å². The molecule has 1 aliphatic heterocycles. The van der Waals surface area contributed by atoms with Gasteiger partial charge in [0, 0.05) is 12.1 Å². The Balaban J connectivity index is 1.40. The highest BCUT2D eigenvalue weighted by molar-refractivity contribution is 6.54. The van der Waals surface area contributed by atoms with Crippen molar-refractivity contribution in [2.75, 3.05) is 4.90 Å². The molecule has 4 aromatic rings. The molecular formula is C29H28N4O4. The molecule has 188 valence electrons. The van der Waals surface area contributed by atoms with Crippen LogP contribution >= 0.6 is 0 Å². The van der Waals surface area contributed by atoms with Gasteiger partial charge in [-0.05, 0) is 48.2 Å². The van der Waals surface area contributed by atoms with Gasteiger partial charge in [-0.3, -0.25) is 9.69 Å². The number of imidazole rings is 1. The highest BCUT2D eigenvalue weighted by atomic mass is 16.6. The summed E-state index contributed by atoms with van der Waals surface area (Å²) in [4.78, 5) is 36.7. The molecule has 0 saturated carbocycles. The smallest absolute Gasteiger partial charge is 0.335 e. The number of benzene rings is 3. The van der Waals surface area contributed by atoms with Crippen LogP contribution < -0.4 is 4.90 Å². The van der Waals surface area contributed by atoms with E-state index < -0.39 is 5.97 Å². The molecule has 0 saturated heterocycles. The number of nitrogens with zero attached hydrogens (tertiary/aromatic N) is 4. The van der Waals surface area contributed by atoms with Crippen LogP contribution in [-0.4, -0.2) is 32.2 Å². The number of aryl methyl sites for hydroxylation is 1. The molecule has 1 N–H and O–H groups in total. The fourth-order valence-corrected chi connectivity index (χ4v) is 4.45. The van der Waals surface area contributed by atoms with Crippen LogP contribution in [0.25, 0.3) is 11.0 Å². The van der Waals surface area contributed by atoms with Gasteiger partial charge in [0.1, 0.15) is 12.4 Å². The van der Waals surface area contributed by atoms with Gasteiger partial charge >= 0.3 is 5.97 Å². The summed E-state index contributed by atoms with van der Waals surface area (Å²) in [6, 6.07) is 21.9. The van der Waals surface area contributed by atoms with Crippen molar-refractivity contribution in [1.82, 2.24) is 9.55 Å². The molecule has 0 aliphatic carbocycles. The summed E-state index contributed by atoms with van der Waals surface area (Å²) in [5, 5.41) is 13.3. The molecule has 0 radical (unpaired) electrons. The molecule has 1 aliphatic rings. The number of hydrogen-bond donors (Lipinski definition) is 1. The highest BCUT2D eigenvalue weighted by Crippen LogP contribution is 2.31. The molecule has 37 heavy (non-hydrogen) atoms. The first-order chi connectivity index (χ1) is 17.9. The third-order valence-electron chi connectivity index (χ3n) is 6.45. The summed E-state index contributed by atoms with van der Waals surface area (Å²) < 4.78 is 2.21. The van der Waals surface area contributed by atoms with Crippen LogP contribution in [0.1, 0.15) is 47.6 Å². The Morgan fingerprint density at radius 3 is 2.51 bits per heavy atom. The number of rotatable bonds is 9. The molecule has 0 spiro atoms. The number of carbonyl (C=O) groups excluding carboxylic acids is 1. The number of para-hydroxylation sites is 3. The zero-order valence-electron chi connectivity index (χ0n) is 20.8. The normalized spacial score (nSPS) is 14.1. The van der Waals surface area contributed by atoms with Crippen LogP contribution in [-0.2, 0) is 29.3 Å². The van der Waals surface area contributed by atoms with E-state index in [0.29, 0.717) is 18.0 Å².